The van der Waals surface area contributed by atoms with Crippen molar-refractivity contribution >= 4 is 5.78 Å². The Bertz CT molecular complexity index is 802. The molecule has 3 nitrogen and oxygen atoms in total. The van der Waals surface area contributed by atoms with Crippen LogP contribution in [-0.2, 0) is 16.0 Å². The minimum atomic E-state index is 0.217. The molecule has 5 unspecified atom stereocenters. The number of hydrogen-bond acceptors (Lipinski definition) is 3. The van der Waals surface area contributed by atoms with Crippen molar-refractivity contribution in [1.82, 2.24) is 0 Å². The Balaban J connectivity index is 1.60. The molecular formula is C30H46O3. The maximum Gasteiger partial charge on any atom is 0.132 e. The van der Waals surface area contributed by atoms with Crippen LogP contribution >= 0.6 is 0 Å². The molecule has 0 bridgehead atoms. The molecular weight excluding hydrogens is 408 g/mol. The summed E-state index contributed by atoms with van der Waals surface area (Å²) < 4.78 is 12.5. The summed E-state index contributed by atoms with van der Waals surface area (Å²) in [7, 11) is 0. The second kappa shape index (κ2) is 10.9. The van der Waals surface area contributed by atoms with E-state index in [0.717, 1.165) is 63.4 Å². The van der Waals surface area contributed by atoms with E-state index < -0.39 is 0 Å². The lowest BCUT2D eigenvalue weighted by Crippen LogP contribution is -2.49. The predicted molar refractivity (Wildman–Crippen MR) is 135 cm³/mol. The van der Waals surface area contributed by atoms with Crippen LogP contribution in [0.25, 0.3) is 0 Å². The van der Waals surface area contributed by atoms with Gasteiger partial charge in [0.1, 0.15) is 11.5 Å². The Kier molecular flexibility index (Phi) is 8.20. The van der Waals surface area contributed by atoms with Gasteiger partial charge in [-0.2, -0.15) is 0 Å². The average molecular weight is 455 g/mol. The second-order valence-corrected chi connectivity index (χ2v) is 11.3. The van der Waals surface area contributed by atoms with Crippen molar-refractivity contribution < 1.29 is 14.3 Å². The van der Waals surface area contributed by atoms with Crippen LogP contribution in [0.5, 0.6) is 5.75 Å². The third-order valence-electron chi connectivity index (χ3n) is 9.20. The molecule has 0 aliphatic heterocycles. The topological polar surface area (TPSA) is 35.5 Å². The maximum atomic E-state index is 12.7. The zero-order valence-electron chi connectivity index (χ0n) is 21.5. The van der Waals surface area contributed by atoms with Crippen molar-refractivity contribution in [3.8, 4) is 5.75 Å². The van der Waals surface area contributed by atoms with Gasteiger partial charge in [0.2, 0.25) is 0 Å². The summed E-state index contributed by atoms with van der Waals surface area (Å²) in [6.45, 7) is 10.6. The average Bonchev–Trinajstić information content (AvgIpc) is 3.14. The van der Waals surface area contributed by atoms with Crippen molar-refractivity contribution in [2.75, 3.05) is 13.2 Å². The molecule has 4 rings (SSSR count). The molecule has 3 heteroatoms. The molecule has 0 saturated heterocycles. The number of hydrogen-bond donors (Lipinski definition) is 0. The summed E-state index contributed by atoms with van der Waals surface area (Å²) in [6, 6.07) is 6.84. The number of fused-ring (bicyclic) bond motifs is 5. The van der Waals surface area contributed by atoms with E-state index >= 15 is 0 Å². The van der Waals surface area contributed by atoms with Gasteiger partial charge >= 0.3 is 0 Å². The van der Waals surface area contributed by atoms with Gasteiger partial charge in [0, 0.05) is 19.4 Å². The Morgan fingerprint density at radius 1 is 1.06 bits per heavy atom. The van der Waals surface area contributed by atoms with Crippen molar-refractivity contribution in [3.63, 3.8) is 0 Å². The number of benzene rings is 1. The fraction of sp³-hybridized carbons (Fsp3) is 0.767. The van der Waals surface area contributed by atoms with E-state index in [0.29, 0.717) is 36.1 Å². The molecule has 0 N–H and O–H groups in total. The summed E-state index contributed by atoms with van der Waals surface area (Å²) in [4.78, 5) is 12.7. The highest BCUT2D eigenvalue weighted by Crippen LogP contribution is 2.64. The standard InChI is InChI=1S/C30H46O3/c1-5-8-16-32-24-11-13-25-21(19-24)10-12-26-27-14-15-28(33-17-9-6-2)30(27,4)20-22(29(25)26)18-23(31)7-3/h11,13,19,22,26-29H,5-10,12,14-18,20H2,1-4H3/t22-,26?,27?,28?,29?,30?/m0/s1. The van der Waals surface area contributed by atoms with Crippen LogP contribution < -0.4 is 4.74 Å². The lowest BCUT2D eigenvalue weighted by molar-refractivity contribution is -0.123. The first-order chi connectivity index (χ1) is 16.0. The molecule has 0 aromatic heterocycles. The van der Waals surface area contributed by atoms with Gasteiger partial charge in [0.15, 0.2) is 0 Å². The van der Waals surface area contributed by atoms with Gasteiger partial charge in [-0.05, 0) is 97.3 Å². The van der Waals surface area contributed by atoms with Crippen LogP contribution in [0, 0.1) is 23.2 Å². The first-order valence-electron chi connectivity index (χ1n) is 13.9. The Labute approximate surface area is 202 Å². The largest absolute Gasteiger partial charge is 0.494 e. The summed E-state index contributed by atoms with van der Waals surface area (Å²) in [6.07, 6.45) is 12.4. The third kappa shape index (κ3) is 5.04. The fourth-order valence-electron chi connectivity index (χ4n) is 7.52. The molecule has 184 valence electrons. The Hall–Kier alpha value is -1.35. The summed E-state index contributed by atoms with van der Waals surface area (Å²) >= 11 is 0. The maximum absolute atomic E-state index is 12.7. The molecule has 0 radical (unpaired) electrons. The van der Waals surface area contributed by atoms with Crippen molar-refractivity contribution in [3.05, 3.63) is 29.3 Å². The van der Waals surface area contributed by atoms with Gasteiger partial charge < -0.3 is 9.47 Å². The van der Waals surface area contributed by atoms with E-state index in [2.05, 4.69) is 39.0 Å². The first-order valence-corrected chi connectivity index (χ1v) is 13.9. The lowest BCUT2D eigenvalue weighted by atomic mass is 9.51. The van der Waals surface area contributed by atoms with E-state index in [1.165, 1.54) is 36.8 Å². The molecule has 1 aromatic rings. The van der Waals surface area contributed by atoms with Gasteiger partial charge in [-0.1, -0.05) is 46.6 Å². The number of aryl methyl sites for hydroxylation is 1. The zero-order valence-corrected chi connectivity index (χ0v) is 21.5. The van der Waals surface area contributed by atoms with Crippen LogP contribution in [0.4, 0.5) is 0 Å². The SMILES string of the molecule is CCCCOc1ccc2c(c1)CCC1C2[C@@H](CC(=O)CC)CC2(C)C(OCCCC)CCC12. The van der Waals surface area contributed by atoms with Crippen molar-refractivity contribution in [2.45, 2.75) is 110 Å². The molecule has 1 aromatic carbocycles. The number of carbonyl (C=O) groups excluding carboxylic acids is 1. The highest BCUT2D eigenvalue weighted by molar-refractivity contribution is 5.78. The number of unbranched alkanes of at least 4 members (excludes halogenated alkanes) is 2. The molecule has 0 amide bonds. The predicted octanol–water partition coefficient (Wildman–Crippen LogP) is 7.50. The van der Waals surface area contributed by atoms with Crippen LogP contribution in [0.1, 0.15) is 109 Å². The fourth-order valence-corrected chi connectivity index (χ4v) is 7.52. The molecule has 0 heterocycles. The number of rotatable bonds is 11. The number of ether oxygens (including phenoxy) is 2. The monoisotopic (exact) mass is 454 g/mol. The molecule has 2 saturated carbocycles. The Morgan fingerprint density at radius 3 is 2.61 bits per heavy atom. The molecule has 3 aliphatic rings. The molecule has 0 spiro atoms. The van der Waals surface area contributed by atoms with Gasteiger partial charge in [0.05, 0.1) is 12.7 Å². The lowest BCUT2D eigenvalue weighted by Gasteiger charge is -2.54. The molecule has 2 fully saturated rings. The highest BCUT2D eigenvalue weighted by Gasteiger charge is 2.58. The first kappa shape index (κ1) is 24.8. The second-order valence-electron chi connectivity index (χ2n) is 11.3. The molecule has 33 heavy (non-hydrogen) atoms. The highest BCUT2D eigenvalue weighted by atomic mass is 16.5. The normalized spacial score (nSPS) is 32.7. The molecule has 3 aliphatic carbocycles. The van der Waals surface area contributed by atoms with E-state index in [-0.39, 0.29) is 5.41 Å². The van der Waals surface area contributed by atoms with Crippen LogP contribution in [-0.4, -0.2) is 25.1 Å². The van der Waals surface area contributed by atoms with E-state index in [4.69, 9.17) is 9.47 Å². The van der Waals surface area contributed by atoms with Gasteiger partial charge in [-0.15, -0.1) is 0 Å². The number of ketones is 1. The van der Waals surface area contributed by atoms with Gasteiger partial charge in [0.25, 0.3) is 0 Å². The summed E-state index contributed by atoms with van der Waals surface area (Å²) in [5, 5.41) is 0. The van der Waals surface area contributed by atoms with E-state index in [1.54, 1.807) is 0 Å². The Morgan fingerprint density at radius 2 is 1.85 bits per heavy atom. The molecule has 6 atom stereocenters. The van der Waals surface area contributed by atoms with E-state index in [1.807, 2.05) is 6.92 Å². The minimum Gasteiger partial charge on any atom is -0.494 e. The van der Waals surface area contributed by atoms with Gasteiger partial charge in [-0.25, -0.2) is 0 Å². The number of Topliss-reactive ketones (excluding diaryl/α,β-unsaturated/α-hetero) is 1. The number of carbonyl (C=O) groups is 1. The van der Waals surface area contributed by atoms with Crippen LogP contribution in [0.3, 0.4) is 0 Å². The minimum absolute atomic E-state index is 0.217. The van der Waals surface area contributed by atoms with Crippen LogP contribution in [0.15, 0.2) is 18.2 Å². The van der Waals surface area contributed by atoms with Gasteiger partial charge in [-0.3, -0.25) is 4.79 Å². The summed E-state index contributed by atoms with van der Waals surface area (Å²) in [5.41, 5.74) is 3.20. The van der Waals surface area contributed by atoms with Crippen molar-refractivity contribution in [1.29, 1.82) is 0 Å². The van der Waals surface area contributed by atoms with E-state index in [9.17, 15) is 4.79 Å². The third-order valence-corrected chi connectivity index (χ3v) is 9.20. The summed E-state index contributed by atoms with van der Waals surface area (Å²) in [5.74, 6) is 3.79. The quantitative estimate of drug-likeness (QED) is 0.325. The van der Waals surface area contributed by atoms with Crippen LogP contribution in [0.2, 0.25) is 0 Å². The smallest absolute Gasteiger partial charge is 0.132 e. The zero-order chi connectivity index (χ0) is 23.4. The van der Waals surface area contributed by atoms with Crippen molar-refractivity contribution in [2.24, 2.45) is 23.2 Å².